The van der Waals surface area contributed by atoms with Gasteiger partial charge in [-0.3, -0.25) is 4.79 Å². The Morgan fingerprint density at radius 3 is 2.45 bits per heavy atom. The lowest BCUT2D eigenvalue weighted by atomic mass is 10.1. The minimum Gasteiger partial charge on any atom is -0.495 e. The predicted molar refractivity (Wildman–Crippen MR) is 148 cm³/mol. The number of amides is 1. The van der Waals surface area contributed by atoms with E-state index in [9.17, 15) is 17.6 Å². The molecule has 0 atom stereocenters. The summed E-state index contributed by atoms with van der Waals surface area (Å²) in [5.74, 6) is -0.640. The number of hydrogen-bond donors (Lipinski definition) is 2. The number of carbonyl (C=O) groups excluding carboxylic acids is 1. The summed E-state index contributed by atoms with van der Waals surface area (Å²) < 4.78 is 46.8. The van der Waals surface area contributed by atoms with Gasteiger partial charge in [-0.15, -0.1) is 11.3 Å². The monoisotopic (exact) mass is 574 g/mol. The van der Waals surface area contributed by atoms with Crippen LogP contribution in [-0.2, 0) is 21.4 Å². The molecule has 0 bridgehead atoms. The molecule has 1 heterocycles. The highest BCUT2D eigenvalue weighted by Crippen LogP contribution is 2.32. The van der Waals surface area contributed by atoms with Gasteiger partial charge in [-0.05, 0) is 60.2 Å². The fourth-order valence-corrected chi connectivity index (χ4v) is 5.80. The number of nitrogens with one attached hydrogen (secondary N) is 2. The molecule has 0 aliphatic heterocycles. The standard InChI is InChI=1S/C26H24ClFN4O4S2/c1-29-26-31-23(16-37-26)18-5-12-24(36-2)22(13-18)30-25(33)15-32(14-17-3-8-20(28)9-4-17)38(34,35)21-10-6-19(27)7-11-21/h3-13,16H,14-15H2,1-2H3,(H,29,31)(H,30,33). The van der Waals surface area contributed by atoms with Gasteiger partial charge in [0.25, 0.3) is 0 Å². The van der Waals surface area contributed by atoms with Crippen molar-refractivity contribution in [2.45, 2.75) is 11.4 Å². The zero-order valence-electron chi connectivity index (χ0n) is 20.4. The third-order valence-corrected chi connectivity index (χ3v) is 8.45. The number of benzene rings is 3. The van der Waals surface area contributed by atoms with Crippen molar-refractivity contribution >= 4 is 49.7 Å². The molecule has 0 saturated heterocycles. The maximum Gasteiger partial charge on any atom is 0.243 e. The van der Waals surface area contributed by atoms with Crippen LogP contribution in [0.3, 0.4) is 0 Å². The Kier molecular flexibility index (Phi) is 8.62. The van der Waals surface area contributed by atoms with Crippen molar-refractivity contribution in [2.75, 3.05) is 31.3 Å². The fourth-order valence-electron chi connectivity index (χ4n) is 3.61. The number of hydrogen-bond acceptors (Lipinski definition) is 7. The first-order valence-electron chi connectivity index (χ1n) is 11.3. The summed E-state index contributed by atoms with van der Waals surface area (Å²) in [6.45, 7) is -0.655. The topological polar surface area (TPSA) is 101 Å². The Morgan fingerprint density at radius 1 is 1.11 bits per heavy atom. The van der Waals surface area contributed by atoms with Gasteiger partial charge < -0.3 is 15.4 Å². The van der Waals surface area contributed by atoms with Crippen molar-refractivity contribution in [3.63, 3.8) is 0 Å². The van der Waals surface area contributed by atoms with E-state index in [4.69, 9.17) is 16.3 Å². The molecule has 2 N–H and O–H groups in total. The maximum atomic E-state index is 13.5. The molecule has 12 heteroatoms. The molecule has 0 spiro atoms. The van der Waals surface area contributed by atoms with Gasteiger partial charge >= 0.3 is 0 Å². The van der Waals surface area contributed by atoms with E-state index < -0.39 is 28.3 Å². The number of thiazole rings is 1. The van der Waals surface area contributed by atoms with Crippen LogP contribution >= 0.6 is 22.9 Å². The molecule has 0 fully saturated rings. The molecule has 1 amide bonds. The van der Waals surface area contributed by atoms with Gasteiger partial charge in [0.15, 0.2) is 5.13 Å². The second-order valence-corrected chi connectivity index (χ2v) is 11.3. The highest BCUT2D eigenvalue weighted by atomic mass is 35.5. The van der Waals surface area contributed by atoms with Gasteiger partial charge in [-0.2, -0.15) is 4.31 Å². The van der Waals surface area contributed by atoms with Crippen LogP contribution in [0.2, 0.25) is 5.02 Å². The zero-order valence-corrected chi connectivity index (χ0v) is 22.8. The normalized spacial score (nSPS) is 11.4. The molecule has 0 saturated carbocycles. The van der Waals surface area contributed by atoms with Crippen molar-refractivity contribution in [1.82, 2.24) is 9.29 Å². The van der Waals surface area contributed by atoms with Crippen LogP contribution in [0.5, 0.6) is 5.75 Å². The molecule has 4 rings (SSSR count). The van der Waals surface area contributed by atoms with Crippen LogP contribution in [-0.4, -0.2) is 44.3 Å². The molecule has 0 radical (unpaired) electrons. The fraction of sp³-hybridized carbons (Fsp3) is 0.154. The van der Waals surface area contributed by atoms with E-state index in [2.05, 4.69) is 15.6 Å². The van der Waals surface area contributed by atoms with Gasteiger partial charge in [0.2, 0.25) is 15.9 Å². The van der Waals surface area contributed by atoms with E-state index in [-0.39, 0.29) is 11.4 Å². The first-order valence-corrected chi connectivity index (χ1v) is 14.0. The Labute approximate surface area is 229 Å². The largest absolute Gasteiger partial charge is 0.495 e. The predicted octanol–water partition coefficient (Wildman–Crippen LogP) is 5.48. The number of anilines is 2. The second-order valence-electron chi connectivity index (χ2n) is 8.10. The first-order chi connectivity index (χ1) is 18.2. The Bertz CT molecular complexity index is 1530. The summed E-state index contributed by atoms with van der Waals surface area (Å²) in [7, 11) is -0.861. The van der Waals surface area contributed by atoms with Crippen LogP contribution < -0.4 is 15.4 Å². The molecule has 0 unspecified atom stereocenters. The summed E-state index contributed by atoms with van der Waals surface area (Å²) in [6.07, 6.45) is 0. The van der Waals surface area contributed by atoms with Crippen LogP contribution in [0.1, 0.15) is 5.56 Å². The van der Waals surface area contributed by atoms with Crippen molar-refractivity contribution in [1.29, 1.82) is 0 Å². The molecule has 8 nitrogen and oxygen atoms in total. The molecule has 1 aromatic heterocycles. The van der Waals surface area contributed by atoms with Crippen molar-refractivity contribution < 1.29 is 22.3 Å². The lowest BCUT2D eigenvalue weighted by Crippen LogP contribution is -2.37. The summed E-state index contributed by atoms with van der Waals surface area (Å²) in [5.41, 5.74) is 2.33. The average molecular weight is 575 g/mol. The minimum absolute atomic E-state index is 0.0275. The second kappa shape index (κ2) is 11.9. The SMILES string of the molecule is CNc1nc(-c2ccc(OC)c(NC(=O)CN(Cc3ccc(F)cc3)S(=O)(=O)c3ccc(Cl)cc3)c2)cs1. The van der Waals surface area contributed by atoms with Crippen LogP contribution in [0.15, 0.2) is 77.0 Å². The number of methoxy groups -OCH3 is 1. The quantitative estimate of drug-likeness (QED) is 0.260. The van der Waals surface area contributed by atoms with E-state index >= 15 is 0 Å². The van der Waals surface area contributed by atoms with Gasteiger partial charge in [0.05, 0.1) is 29.9 Å². The zero-order chi connectivity index (χ0) is 27.3. The van der Waals surface area contributed by atoms with E-state index in [1.54, 1.807) is 19.2 Å². The van der Waals surface area contributed by atoms with Gasteiger partial charge in [-0.1, -0.05) is 23.7 Å². The molecule has 0 aliphatic carbocycles. The average Bonchev–Trinajstić information content (AvgIpc) is 3.39. The van der Waals surface area contributed by atoms with E-state index in [0.29, 0.717) is 27.7 Å². The number of nitrogens with zero attached hydrogens (tertiary/aromatic N) is 2. The van der Waals surface area contributed by atoms with Crippen LogP contribution in [0.4, 0.5) is 15.2 Å². The highest BCUT2D eigenvalue weighted by Gasteiger charge is 2.27. The number of ether oxygens (including phenoxy) is 1. The molecule has 3 aromatic carbocycles. The van der Waals surface area contributed by atoms with E-state index in [0.717, 1.165) is 15.0 Å². The van der Waals surface area contributed by atoms with Crippen molar-refractivity contribution in [3.05, 3.63) is 88.5 Å². The molecule has 38 heavy (non-hydrogen) atoms. The Morgan fingerprint density at radius 2 is 1.82 bits per heavy atom. The molecular formula is C26H24ClFN4O4S2. The van der Waals surface area contributed by atoms with Gasteiger partial charge in [-0.25, -0.2) is 17.8 Å². The Hall–Kier alpha value is -3.51. The highest BCUT2D eigenvalue weighted by molar-refractivity contribution is 7.89. The van der Waals surface area contributed by atoms with Crippen LogP contribution in [0, 0.1) is 5.82 Å². The van der Waals surface area contributed by atoms with Crippen molar-refractivity contribution in [3.8, 4) is 17.0 Å². The van der Waals surface area contributed by atoms with Gasteiger partial charge in [0.1, 0.15) is 11.6 Å². The third kappa shape index (κ3) is 6.48. The molecular weight excluding hydrogens is 551 g/mol. The lowest BCUT2D eigenvalue weighted by Gasteiger charge is -2.22. The van der Waals surface area contributed by atoms with E-state index in [1.807, 2.05) is 11.4 Å². The van der Waals surface area contributed by atoms with E-state index in [1.165, 1.54) is 67.0 Å². The van der Waals surface area contributed by atoms with Crippen LogP contribution in [0.25, 0.3) is 11.3 Å². The minimum atomic E-state index is -4.11. The van der Waals surface area contributed by atoms with Crippen molar-refractivity contribution in [2.24, 2.45) is 0 Å². The lowest BCUT2D eigenvalue weighted by molar-refractivity contribution is -0.116. The van der Waals surface area contributed by atoms with Gasteiger partial charge in [0, 0.05) is 29.6 Å². The maximum absolute atomic E-state index is 13.5. The number of carbonyl (C=O) groups is 1. The molecule has 4 aromatic rings. The summed E-state index contributed by atoms with van der Waals surface area (Å²) in [6, 6.07) is 16.3. The number of sulfonamides is 1. The number of halogens is 2. The third-order valence-electron chi connectivity index (χ3n) is 5.53. The number of rotatable bonds is 10. The summed E-state index contributed by atoms with van der Waals surface area (Å²) in [5, 5.41) is 8.74. The smallest absolute Gasteiger partial charge is 0.243 e. The summed E-state index contributed by atoms with van der Waals surface area (Å²) >= 11 is 7.37. The number of aromatic nitrogens is 1. The first kappa shape index (κ1) is 27.5. The molecule has 0 aliphatic rings. The molecule has 198 valence electrons. The summed E-state index contributed by atoms with van der Waals surface area (Å²) in [4.78, 5) is 17.6. The Balaban J connectivity index is 1.61.